The van der Waals surface area contributed by atoms with Crippen LogP contribution >= 0.6 is 0 Å². The fourth-order valence-corrected chi connectivity index (χ4v) is 4.25. The van der Waals surface area contributed by atoms with Crippen LogP contribution in [0, 0.1) is 6.92 Å². The molecule has 7 nitrogen and oxygen atoms in total. The molecule has 1 fully saturated rings. The fraction of sp³-hybridized carbons (Fsp3) is 0.588. The smallest absolute Gasteiger partial charge is 0.243 e. The lowest BCUT2D eigenvalue weighted by atomic mass is 10.2. The number of benzene rings is 1. The average Bonchev–Trinajstić information content (AvgIpc) is 2.58. The predicted octanol–water partition coefficient (Wildman–Crippen LogP) is 1.30. The van der Waals surface area contributed by atoms with Crippen LogP contribution in [0.1, 0.15) is 19.4 Å². The lowest BCUT2D eigenvalue weighted by Gasteiger charge is -2.26. The molecule has 1 heterocycles. The van der Waals surface area contributed by atoms with E-state index in [-0.39, 0.29) is 17.3 Å². The molecule has 1 aliphatic rings. The lowest BCUT2D eigenvalue weighted by Crippen LogP contribution is -2.41. The summed E-state index contributed by atoms with van der Waals surface area (Å²) >= 11 is 0. The van der Waals surface area contributed by atoms with Crippen molar-refractivity contribution in [1.82, 2.24) is 9.21 Å². The van der Waals surface area contributed by atoms with Gasteiger partial charge in [0.15, 0.2) is 0 Å². The molecule has 8 heteroatoms. The summed E-state index contributed by atoms with van der Waals surface area (Å²) in [4.78, 5) is 14.5. The quantitative estimate of drug-likeness (QED) is 0.784. The maximum Gasteiger partial charge on any atom is 0.243 e. The van der Waals surface area contributed by atoms with Crippen molar-refractivity contribution in [3.63, 3.8) is 0 Å². The first-order valence-corrected chi connectivity index (χ1v) is 10.0. The number of rotatable bonds is 7. The second-order valence-electron chi connectivity index (χ2n) is 6.00. The van der Waals surface area contributed by atoms with Gasteiger partial charge in [0.25, 0.3) is 0 Å². The third kappa shape index (κ3) is 5.01. The van der Waals surface area contributed by atoms with Gasteiger partial charge < -0.3 is 10.1 Å². The molecule has 0 atom stereocenters. The highest BCUT2D eigenvalue weighted by Gasteiger charge is 2.23. The molecule has 0 saturated carbocycles. The van der Waals surface area contributed by atoms with Gasteiger partial charge in [-0.2, -0.15) is 4.31 Å². The number of hydrogen-bond donors (Lipinski definition) is 1. The lowest BCUT2D eigenvalue weighted by molar-refractivity contribution is -0.118. The Morgan fingerprint density at radius 1 is 1.24 bits per heavy atom. The first-order chi connectivity index (χ1) is 11.9. The molecule has 1 aromatic carbocycles. The Bertz CT molecular complexity index is 696. The van der Waals surface area contributed by atoms with Crippen LogP contribution in [-0.4, -0.2) is 69.5 Å². The molecule has 0 aromatic heterocycles. The molecule has 0 unspecified atom stereocenters. The van der Waals surface area contributed by atoms with Gasteiger partial charge in [-0.15, -0.1) is 0 Å². The number of sulfonamides is 1. The van der Waals surface area contributed by atoms with Gasteiger partial charge in [-0.25, -0.2) is 8.42 Å². The number of amides is 1. The Labute approximate surface area is 150 Å². The van der Waals surface area contributed by atoms with Crippen molar-refractivity contribution in [2.75, 3.05) is 51.3 Å². The second-order valence-corrected chi connectivity index (χ2v) is 7.94. The number of morpholine rings is 1. The zero-order chi connectivity index (χ0) is 18.4. The van der Waals surface area contributed by atoms with Crippen LogP contribution in [0.3, 0.4) is 0 Å². The largest absolute Gasteiger partial charge is 0.379 e. The maximum atomic E-state index is 12.7. The minimum atomic E-state index is -3.55. The Hall–Kier alpha value is -1.48. The number of carbonyl (C=O) groups is 1. The van der Waals surface area contributed by atoms with Gasteiger partial charge in [0.2, 0.25) is 15.9 Å². The van der Waals surface area contributed by atoms with Gasteiger partial charge in [-0.05, 0) is 24.6 Å². The Balaban J connectivity index is 2.14. The van der Waals surface area contributed by atoms with Crippen molar-refractivity contribution in [2.24, 2.45) is 0 Å². The first-order valence-electron chi connectivity index (χ1n) is 8.59. The normalized spacial score (nSPS) is 16.2. The van der Waals surface area contributed by atoms with Crippen LogP contribution < -0.4 is 5.32 Å². The topological polar surface area (TPSA) is 79.0 Å². The van der Waals surface area contributed by atoms with Gasteiger partial charge >= 0.3 is 0 Å². The van der Waals surface area contributed by atoms with Crippen LogP contribution in [0.2, 0.25) is 0 Å². The van der Waals surface area contributed by atoms with E-state index in [0.29, 0.717) is 32.0 Å². The second kappa shape index (κ2) is 8.75. The summed E-state index contributed by atoms with van der Waals surface area (Å²) in [7, 11) is -3.55. The van der Waals surface area contributed by atoms with E-state index in [0.717, 1.165) is 18.7 Å². The number of nitrogens with one attached hydrogen (secondary N) is 1. The Kier molecular flexibility index (Phi) is 6.95. The number of ether oxygens (including phenoxy) is 1. The molecule has 0 bridgehead atoms. The molecular weight excluding hydrogens is 342 g/mol. The number of aryl methyl sites for hydroxylation is 1. The molecule has 140 valence electrons. The molecule has 1 N–H and O–H groups in total. The summed E-state index contributed by atoms with van der Waals surface area (Å²) in [6.45, 7) is 9.25. The van der Waals surface area contributed by atoms with Crippen molar-refractivity contribution < 1.29 is 17.9 Å². The molecule has 2 rings (SSSR count). The van der Waals surface area contributed by atoms with Crippen molar-refractivity contribution in [2.45, 2.75) is 25.7 Å². The van der Waals surface area contributed by atoms with E-state index in [4.69, 9.17) is 4.74 Å². The van der Waals surface area contributed by atoms with Crippen LogP contribution in [0.25, 0.3) is 0 Å². The third-order valence-corrected chi connectivity index (χ3v) is 6.34. The summed E-state index contributed by atoms with van der Waals surface area (Å²) < 4.78 is 32.0. The van der Waals surface area contributed by atoms with E-state index in [1.807, 2.05) is 11.8 Å². The Morgan fingerprint density at radius 2 is 1.88 bits per heavy atom. The molecule has 0 aliphatic carbocycles. The van der Waals surface area contributed by atoms with Crippen molar-refractivity contribution in [3.8, 4) is 0 Å². The summed E-state index contributed by atoms with van der Waals surface area (Å²) in [6.07, 6.45) is 0. The van der Waals surface area contributed by atoms with Crippen molar-refractivity contribution in [3.05, 3.63) is 23.8 Å². The number of nitrogens with zero attached hydrogens (tertiary/aromatic N) is 2. The van der Waals surface area contributed by atoms with Crippen LogP contribution in [0.4, 0.5) is 5.69 Å². The average molecular weight is 369 g/mol. The maximum absolute atomic E-state index is 12.7. The molecule has 0 spiro atoms. The van der Waals surface area contributed by atoms with E-state index in [2.05, 4.69) is 5.32 Å². The zero-order valence-electron chi connectivity index (χ0n) is 15.1. The molecule has 1 saturated heterocycles. The van der Waals surface area contributed by atoms with E-state index < -0.39 is 10.0 Å². The molecule has 1 aromatic rings. The van der Waals surface area contributed by atoms with E-state index in [9.17, 15) is 13.2 Å². The van der Waals surface area contributed by atoms with Crippen LogP contribution in [0.15, 0.2) is 23.1 Å². The molecule has 25 heavy (non-hydrogen) atoms. The van der Waals surface area contributed by atoms with Gasteiger partial charge in [-0.3, -0.25) is 9.69 Å². The number of carbonyl (C=O) groups excluding carboxylic acids is 1. The van der Waals surface area contributed by atoms with Gasteiger partial charge in [0.1, 0.15) is 0 Å². The zero-order valence-corrected chi connectivity index (χ0v) is 15.9. The minimum Gasteiger partial charge on any atom is -0.379 e. The standard InChI is InChI=1S/C17H27N3O4S/c1-4-20(5-2)25(22,23)15-7-6-14(3)16(12-15)18-17(21)13-19-8-10-24-11-9-19/h6-7,12H,4-5,8-11,13H2,1-3H3,(H,18,21). The van der Waals surface area contributed by atoms with Crippen molar-refractivity contribution in [1.29, 1.82) is 0 Å². The highest BCUT2D eigenvalue weighted by atomic mass is 32.2. The predicted molar refractivity (Wildman–Crippen MR) is 97.2 cm³/mol. The summed E-state index contributed by atoms with van der Waals surface area (Å²) in [5.74, 6) is -0.151. The van der Waals surface area contributed by atoms with Gasteiger partial charge in [0.05, 0.1) is 24.7 Å². The van der Waals surface area contributed by atoms with Gasteiger partial charge in [0, 0.05) is 31.9 Å². The highest BCUT2D eigenvalue weighted by Crippen LogP contribution is 2.23. The first kappa shape index (κ1) is 19.8. The van der Waals surface area contributed by atoms with Gasteiger partial charge in [-0.1, -0.05) is 19.9 Å². The molecular formula is C17H27N3O4S. The van der Waals surface area contributed by atoms with E-state index in [1.165, 1.54) is 4.31 Å². The van der Waals surface area contributed by atoms with E-state index in [1.54, 1.807) is 32.0 Å². The Morgan fingerprint density at radius 3 is 2.48 bits per heavy atom. The number of hydrogen-bond acceptors (Lipinski definition) is 5. The third-order valence-electron chi connectivity index (χ3n) is 4.30. The monoisotopic (exact) mass is 369 g/mol. The molecule has 1 amide bonds. The SMILES string of the molecule is CCN(CC)S(=O)(=O)c1ccc(C)c(NC(=O)CN2CCOCC2)c1. The van der Waals surface area contributed by atoms with E-state index >= 15 is 0 Å². The summed E-state index contributed by atoms with van der Waals surface area (Å²) in [5, 5.41) is 2.84. The highest BCUT2D eigenvalue weighted by molar-refractivity contribution is 7.89. The fourth-order valence-electron chi connectivity index (χ4n) is 2.76. The van der Waals surface area contributed by atoms with Crippen LogP contribution in [0.5, 0.6) is 0 Å². The summed E-state index contributed by atoms with van der Waals surface area (Å²) in [6, 6.07) is 4.85. The minimum absolute atomic E-state index is 0.151. The summed E-state index contributed by atoms with van der Waals surface area (Å²) in [5.41, 5.74) is 1.36. The molecule has 1 aliphatic heterocycles. The number of anilines is 1. The molecule has 0 radical (unpaired) electrons. The van der Waals surface area contributed by atoms with Crippen molar-refractivity contribution >= 4 is 21.6 Å². The van der Waals surface area contributed by atoms with Crippen LogP contribution in [-0.2, 0) is 19.6 Å².